The molecule has 0 unspecified atom stereocenters. The number of hydrogen-bond donors (Lipinski definition) is 1. The minimum atomic E-state index is -0.562. The van der Waals surface area contributed by atoms with Crippen LogP contribution in [-0.4, -0.2) is 34.0 Å². The summed E-state index contributed by atoms with van der Waals surface area (Å²) in [5, 5.41) is 6.68. The van der Waals surface area contributed by atoms with Gasteiger partial charge in [-0.1, -0.05) is 28.9 Å². The molecule has 6 nitrogen and oxygen atoms in total. The average molecular weight is 350 g/mol. The van der Waals surface area contributed by atoms with Crippen molar-refractivity contribution in [2.45, 2.75) is 33.2 Å². The summed E-state index contributed by atoms with van der Waals surface area (Å²) in [5.41, 5.74) is -0.202. The fourth-order valence-corrected chi connectivity index (χ4v) is 2.36. The lowest BCUT2D eigenvalue weighted by molar-refractivity contribution is -0.117. The van der Waals surface area contributed by atoms with Crippen LogP contribution in [0.2, 0.25) is 5.02 Å². The predicted molar refractivity (Wildman–Crippen MR) is 92.1 cm³/mol. The van der Waals surface area contributed by atoms with Gasteiger partial charge >= 0.3 is 0 Å². The van der Waals surface area contributed by atoms with Gasteiger partial charge in [-0.25, -0.2) is 0 Å². The largest absolute Gasteiger partial charge is 0.360 e. The first kappa shape index (κ1) is 18.0. The van der Waals surface area contributed by atoms with E-state index in [4.69, 9.17) is 16.1 Å². The lowest BCUT2D eigenvalue weighted by Gasteiger charge is -2.35. The third-order valence-corrected chi connectivity index (χ3v) is 3.69. The van der Waals surface area contributed by atoms with E-state index < -0.39 is 5.54 Å². The van der Waals surface area contributed by atoms with Crippen LogP contribution in [0.3, 0.4) is 0 Å². The number of nitrogens with zero attached hydrogens (tertiary/aromatic N) is 2. The van der Waals surface area contributed by atoms with E-state index in [-0.39, 0.29) is 18.4 Å². The minimum Gasteiger partial charge on any atom is -0.360 e. The van der Waals surface area contributed by atoms with Crippen molar-refractivity contribution >= 4 is 29.2 Å². The first-order valence-corrected chi connectivity index (χ1v) is 7.86. The van der Waals surface area contributed by atoms with Crippen molar-refractivity contribution in [3.05, 3.63) is 46.7 Å². The minimum absolute atomic E-state index is 0.126. The van der Waals surface area contributed by atoms with E-state index in [2.05, 4.69) is 10.5 Å². The predicted octanol–water partition coefficient (Wildman–Crippen LogP) is 3.52. The summed E-state index contributed by atoms with van der Waals surface area (Å²) in [6.45, 7) is 7.17. The second kappa shape index (κ2) is 7.05. The molecule has 0 fully saturated rings. The van der Waals surface area contributed by atoms with Crippen LogP contribution in [0.25, 0.3) is 0 Å². The molecule has 128 valence electrons. The standard InChI is InChI=1S/C17H20ClN3O3/c1-11-9-14(20-24-11)19-15(22)10-21(17(2,3)4)16(23)12-7-5-6-8-13(12)18/h5-9H,10H2,1-4H3,(H,19,20,22). The first-order valence-electron chi connectivity index (χ1n) is 7.48. The number of halogens is 1. The molecule has 1 heterocycles. The summed E-state index contributed by atoms with van der Waals surface area (Å²) in [6.07, 6.45) is 0. The van der Waals surface area contributed by atoms with E-state index >= 15 is 0 Å². The third-order valence-electron chi connectivity index (χ3n) is 3.36. The van der Waals surface area contributed by atoms with Crippen LogP contribution in [0.15, 0.2) is 34.9 Å². The molecule has 1 N–H and O–H groups in total. The highest BCUT2D eigenvalue weighted by Crippen LogP contribution is 2.22. The Kier molecular flexibility index (Phi) is 5.29. The fourth-order valence-electron chi connectivity index (χ4n) is 2.14. The Labute approximate surface area is 145 Å². The van der Waals surface area contributed by atoms with Gasteiger partial charge in [-0.3, -0.25) is 9.59 Å². The normalized spacial score (nSPS) is 11.2. The number of amides is 2. The molecule has 1 aromatic carbocycles. The SMILES string of the molecule is Cc1cc(NC(=O)CN(C(=O)c2ccccc2Cl)C(C)(C)C)no1. The van der Waals surface area contributed by atoms with Crippen molar-refractivity contribution in [1.82, 2.24) is 10.1 Å². The Morgan fingerprint density at radius 3 is 2.50 bits per heavy atom. The number of carbonyl (C=O) groups excluding carboxylic acids is 2. The van der Waals surface area contributed by atoms with Crippen LogP contribution >= 0.6 is 11.6 Å². The van der Waals surface area contributed by atoms with Crippen molar-refractivity contribution in [2.75, 3.05) is 11.9 Å². The zero-order valence-electron chi connectivity index (χ0n) is 14.1. The van der Waals surface area contributed by atoms with Gasteiger partial charge in [0.05, 0.1) is 10.6 Å². The van der Waals surface area contributed by atoms with Crippen molar-refractivity contribution in [3.8, 4) is 0 Å². The van der Waals surface area contributed by atoms with Crippen molar-refractivity contribution in [1.29, 1.82) is 0 Å². The van der Waals surface area contributed by atoms with Crippen LogP contribution < -0.4 is 5.32 Å². The Hall–Kier alpha value is -2.34. The zero-order chi connectivity index (χ0) is 17.9. The lowest BCUT2D eigenvalue weighted by Crippen LogP contribution is -2.49. The smallest absolute Gasteiger partial charge is 0.256 e. The van der Waals surface area contributed by atoms with Crippen molar-refractivity contribution in [3.63, 3.8) is 0 Å². The molecule has 2 aromatic rings. The maximum absolute atomic E-state index is 12.8. The van der Waals surface area contributed by atoms with Gasteiger partial charge in [0.2, 0.25) is 5.91 Å². The number of rotatable bonds is 4. The number of aryl methyl sites for hydroxylation is 1. The summed E-state index contributed by atoms with van der Waals surface area (Å²) < 4.78 is 4.91. The zero-order valence-corrected chi connectivity index (χ0v) is 14.8. The highest BCUT2D eigenvalue weighted by molar-refractivity contribution is 6.33. The first-order chi connectivity index (χ1) is 11.2. The van der Waals surface area contributed by atoms with Gasteiger partial charge in [0.1, 0.15) is 12.3 Å². The van der Waals surface area contributed by atoms with E-state index in [0.29, 0.717) is 22.2 Å². The van der Waals surface area contributed by atoms with Gasteiger partial charge in [-0.15, -0.1) is 0 Å². The molecule has 7 heteroatoms. The molecule has 0 aliphatic heterocycles. The number of hydrogen-bond acceptors (Lipinski definition) is 4. The van der Waals surface area contributed by atoms with Crippen molar-refractivity contribution in [2.24, 2.45) is 0 Å². The monoisotopic (exact) mass is 349 g/mol. The average Bonchev–Trinajstić information content (AvgIpc) is 2.88. The Morgan fingerprint density at radius 1 is 1.29 bits per heavy atom. The molecule has 0 saturated heterocycles. The highest BCUT2D eigenvalue weighted by atomic mass is 35.5. The molecule has 0 aliphatic rings. The van der Waals surface area contributed by atoms with E-state index in [1.807, 2.05) is 20.8 Å². The third kappa shape index (κ3) is 4.35. The van der Waals surface area contributed by atoms with Gasteiger partial charge in [-0.05, 0) is 39.8 Å². The Balaban J connectivity index is 2.18. The molecule has 1 aromatic heterocycles. The molecular weight excluding hydrogens is 330 g/mol. The summed E-state index contributed by atoms with van der Waals surface area (Å²) >= 11 is 6.11. The number of aromatic nitrogens is 1. The van der Waals surface area contributed by atoms with Crippen molar-refractivity contribution < 1.29 is 14.1 Å². The summed E-state index contributed by atoms with van der Waals surface area (Å²) in [5.74, 6) is 0.236. The quantitative estimate of drug-likeness (QED) is 0.916. The fraction of sp³-hybridized carbons (Fsp3) is 0.353. The second-order valence-corrected chi connectivity index (χ2v) is 6.82. The number of benzene rings is 1. The maximum atomic E-state index is 12.8. The number of anilines is 1. The van der Waals surface area contributed by atoms with Crippen LogP contribution in [0.4, 0.5) is 5.82 Å². The molecule has 2 amide bonds. The number of carbonyl (C=O) groups is 2. The summed E-state index contributed by atoms with van der Waals surface area (Å²) in [4.78, 5) is 26.6. The molecule has 0 aliphatic carbocycles. The number of nitrogens with one attached hydrogen (secondary N) is 1. The molecule has 0 spiro atoms. The van der Waals surface area contributed by atoms with Crippen LogP contribution in [-0.2, 0) is 4.79 Å². The van der Waals surface area contributed by atoms with Gasteiger partial charge in [0.15, 0.2) is 5.82 Å². The van der Waals surface area contributed by atoms with Crippen LogP contribution in [0.5, 0.6) is 0 Å². The maximum Gasteiger partial charge on any atom is 0.256 e. The van der Waals surface area contributed by atoms with E-state index in [0.717, 1.165) is 0 Å². The summed E-state index contributed by atoms with van der Waals surface area (Å²) in [6, 6.07) is 8.38. The topological polar surface area (TPSA) is 75.4 Å². The van der Waals surface area contributed by atoms with Crippen LogP contribution in [0.1, 0.15) is 36.9 Å². The van der Waals surface area contributed by atoms with Crippen LogP contribution in [0, 0.1) is 6.92 Å². The van der Waals surface area contributed by atoms with E-state index in [1.165, 1.54) is 4.90 Å². The van der Waals surface area contributed by atoms with Gasteiger partial charge in [0, 0.05) is 11.6 Å². The summed E-state index contributed by atoms with van der Waals surface area (Å²) in [7, 11) is 0. The molecular formula is C17H20ClN3O3. The molecule has 0 saturated carbocycles. The Bertz CT molecular complexity index is 750. The molecule has 2 rings (SSSR count). The van der Waals surface area contributed by atoms with Gasteiger partial charge in [0.25, 0.3) is 5.91 Å². The lowest BCUT2D eigenvalue weighted by atomic mass is 10.0. The molecule has 0 bridgehead atoms. The van der Waals surface area contributed by atoms with E-state index in [1.54, 1.807) is 37.3 Å². The Morgan fingerprint density at radius 2 is 1.96 bits per heavy atom. The molecule has 24 heavy (non-hydrogen) atoms. The van der Waals surface area contributed by atoms with E-state index in [9.17, 15) is 9.59 Å². The molecule has 0 radical (unpaired) electrons. The molecule has 0 atom stereocenters. The van der Waals surface area contributed by atoms with Gasteiger partial charge in [-0.2, -0.15) is 0 Å². The highest BCUT2D eigenvalue weighted by Gasteiger charge is 2.30. The van der Waals surface area contributed by atoms with Gasteiger partial charge < -0.3 is 14.7 Å². The second-order valence-electron chi connectivity index (χ2n) is 6.41.